The maximum Gasteiger partial charge on any atom is 0.388 e. The van der Waals surface area contributed by atoms with E-state index in [9.17, 15) is 13.6 Å². The molecule has 0 aliphatic rings. The molecule has 0 bridgehead atoms. The molecule has 4 rings (SSSR count). The molecular weight excluding hydrogens is 426 g/mol. The summed E-state index contributed by atoms with van der Waals surface area (Å²) in [5, 5.41) is 5.51. The van der Waals surface area contributed by atoms with E-state index in [0.29, 0.717) is 23.2 Å². The van der Waals surface area contributed by atoms with Crippen LogP contribution in [0.15, 0.2) is 75.6 Å². The van der Waals surface area contributed by atoms with Gasteiger partial charge in [-0.15, -0.1) is 0 Å². The third-order valence-corrected chi connectivity index (χ3v) is 5.28. The third-order valence-electron chi connectivity index (χ3n) is 4.32. The van der Waals surface area contributed by atoms with Gasteiger partial charge >= 0.3 is 6.61 Å². The Labute approximate surface area is 179 Å². The zero-order chi connectivity index (χ0) is 21.8. The molecule has 0 unspecified atom stereocenters. The molecular formula is C21H16F2N4O3S. The lowest BCUT2D eigenvalue weighted by molar-refractivity contribution is -0.0529. The summed E-state index contributed by atoms with van der Waals surface area (Å²) >= 11 is 1.38. The Hall–Kier alpha value is -3.53. The second kappa shape index (κ2) is 9.09. The van der Waals surface area contributed by atoms with E-state index in [1.807, 2.05) is 18.2 Å². The number of hydrogen-bond donors (Lipinski definition) is 0. The van der Waals surface area contributed by atoms with Crippen molar-refractivity contribution >= 4 is 22.5 Å². The second-order valence-corrected chi connectivity index (χ2v) is 7.52. The minimum absolute atomic E-state index is 0.144. The van der Waals surface area contributed by atoms with Crippen LogP contribution in [0.2, 0.25) is 0 Å². The summed E-state index contributed by atoms with van der Waals surface area (Å²) in [6.45, 7) is -2.62. The quantitative estimate of drug-likeness (QED) is 0.428. The Bertz CT molecular complexity index is 1250. The molecule has 0 amide bonds. The van der Waals surface area contributed by atoms with E-state index in [0.717, 1.165) is 15.4 Å². The fraction of sp³-hybridized carbons (Fsp3) is 0.143. The van der Waals surface area contributed by atoms with Gasteiger partial charge in [-0.1, -0.05) is 17.8 Å². The summed E-state index contributed by atoms with van der Waals surface area (Å²) in [5.41, 5.74) is 0.619. The highest BCUT2D eigenvalue weighted by molar-refractivity contribution is 7.99. The van der Waals surface area contributed by atoms with Crippen LogP contribution in [0.4, 0.5) is 8.78 Å². The first-order chi connectivity index (χ1) is 15.0. The zero-order valence-electron chi connectivity index (χ0n) is 16.2. The van der Waals surface area contributed by atoms with Crippen LogP contribution in [0.3, 0.4) is 0 Å². The number of alkyl halides is 2. The van der Waals surface area contributed by atoms with Crippen LogP contribution in [0.1, 0.15) is 5.56 Å². The lowest BCUT2D eigenvalue weighted by atomic mass is 10.2. The predicted molar refractivity (Wildman–Crippen MR) is 111 cm³/mol. The molecule has 3 aromatic heterocycles. The molecule has 0 saturated heterocycles. The third kappa shape index (κ3) is 4.97. The molecule has 10 heteroatoms. The van der Waals surface area contributed by atoms with Crippen LogP contribution in [0.25, 0.3) is 10.8 Å². The van der Waals surface area contributed by atoms with Crippen LogP contribution in [-0.4, -0.2) is 33.5 Å². The number of halogens is 2. The van der Waals surface area contributed by atoms with Crippen LogP contribution in [0.5, 0.6) is 11.8 Å². The largest absolute Gasteiger partial charge is 0.481 e. The number of ether oxygens (including phenoxy) is 2. The maximum absolute atomic E-state index is 12.8. The molecule has 0 radical (unpaired) electrons. The normalized spacial score (nSPS) is 11.1. The summed E-state index contributed by atoms with van der Waals surface area (Å²) < 4.78 is 35.1. The molecule has 4 aromatic rings. The molecule has 0 spiro atoms. The molecule has 1 aromatic carbocycles. The Kier molecular flexibility index (Phi) is 6.08. The molecule has 3 heterocycles. The summed E-state index contributed by atoms with van der Waals surface area (Å²) in [6.07, 6.45) is 4.73. The molecule has 0 aliphatic heterocycles. The SMILES string of the molecule is COc1ccc(Cn2ncc3cc(Sc4ccc(OC(F)F)nc4)ccc3c2=O)cn1. The van der Waals surface area contributed by atoms with Crippen molar-refractivity contribution in [2.24, 2.45) is 0 Å². The second-order valence-electron chi connectivity index (χ2n) is 6.38. The molecule has 31 heavy (non-hydrogen) atoms. The smallest absolute Gasteiger partial charge is 0.388 e. The van der Waals surface area contributed by atoms with Gasteiger partial charge < -0.3 is 9.47 Å². The van der Waals surface area contributed by atoms with Crippen LogP contribution < -0.4 is 15.0 Å². The number of benzene rings is 1. The molecule has 0 fully saturated rings. The van der Waals surface area contributed by atoms with Gasteiger partial charge in [-0.2, -0.15) is 13.9 Å². The number of rotatable bonds is 7. The molecule has 7 nitrogen and oxygen atoms in total. The van der Waals surface area contributed by atoms with Crippen LogP contribution >= 0.6 is 11.8 Å². The van der Waals surface area contributed by atoms with Crippen molar-refractivity contribution in [2.45, 2.75) is 22.9 Å². The number of fused-ring (bicyclic) bond motifs is 1. The number of aromatic nitrogens is 4. The van der Waals surface area contributed by atoms with Crippen molar-refractivity contribution in [3.05, 3.63) is 77.0 Å². The van der Waals surface area contributed by atoms with Gasteiger partial charge in [0.25, 0.3) is 5.56 Å². The van der Waals surface area contributed by atoms with Gasteiger partial charge in [-0.25, -0.2) is 14.6 Å². The van der Waals surface area contributed by atoms with Crippen molar-refractivity contribution in [2.75, 3.05) is 7.11 Å². The summed E-state index contributed by atoms with van der Waals surface area (Å²) in [6, 6.07) is 12.0. The van der Waals surface area contributed by atoms with Gasteiger partial charge in [0, 0.05) is 39.7 Å². The van der Waals surface area contributed by atoms with Gasteiger partial charge in [0.05, 0.1) is 25.2 Å². The Morgan fingerprint density at radius 3 is 2.45 bits per heavy atom. The van der Waals surface area contributed by atoms with Gasteiger partial charge in [0.1, 0.15) is 0 Å². The van der Waals surface area contributed by atoms with E-state index < -0.39 is 6.61 Å². The van der Waals surface area contributed by atoms with E-state index in [2.05, 4.69) is 19.8 Å². The standard InChI is InChI=1S/C21H16F2N4O3S/c1-29-18-6-2-13(9-24-18)12-27-20(28)17-5-3-15(8-14(17)10-26-27)31-16-4-7-19(25-11-16)30-21(22)23/h2-11,21H,12H2,1H3. The van der Waals surface area contributed by atoms with Gasteiger partial charge in [-0.05, 0) is 29.8 Å². The topological polar surface area (TPSA) is 79.1 Å². The molecule has 158 valence electrons. The van der Waals surface area contributed by atoms with Gasteiger partial charge in [-0.3, -0.25) is 4.79 Å². The lowest BCUT2D eigenvalue weighted by Crippen LogP contribution is -2.23. The van der Waals surface area contributed by atoms with Crippen molar-refractivity contribution in [3.8, 4) is 11.8 Å². The maximum atomic E-state index is 12.8. The van der Waals surface area contributed by atoms with Crippen LogP contribution in [0, 0.1) is 0 Å². The summed E-state index contributed by atoms with van der Waals surface area (Å²) in [7, 11) is 1.54. The fourth-order valence-electron chi connectivity index (χ4n) is 2.86. The Morgan fingerprint density at radius 1 is 1.00 bits per heavy atom. The van der Waals surface area contributed by atoms with Crippen LogP contribution in [-0.2, 0) is 6.54 Å². The number of pyridine rings is 2. The van der Waals surface area contributed by atoms with Crippen molar-refractivity contribution in [1.82, 2.24) is 19.7 Å². The molecule has 0 atom stereocenters. The van der Waals surface area contributed by atoms with Gasteiger partial charge in [0.15, 0.2) is 0 Å². The summed E-state index contributed by atoms with van der Waals surface area (Å²) in [5.74, 6) is 0.355. The number of nitrogens with zero attached hydrogens (tertiary/aromatic N) is 4. The first-order valence-corrected chi connectivity index (χ1v) is 9.91. The highest BCUT2D eigenvalue weighted by Gasteiger charge is 2.09. The van der Waals surface area contributed by atoms with E-state index in [1.165, 1.54) is 35.8 Å². The van der Waals surface area contributed by atoms with Crippen molar-refractivity contribution in [1.29, 1.82) is 0 Å². The predicted octanol–water partition coefficient (Wildman–Crippen LogP) is 4.00. The van der Waals surface area contributed by atoms with Crippen molar-refractivity contribution < 1.29 is 18.3 Å². The first kappa shape index (κ1) is 20.7. The number of hydrogen-bond acceptors (Lipinski definition) is 7. The average Bonchev–Trinajstić information content (AvgIpc) is 2.77. The monoisotopic (exact) mass is 442 g/mol. The highest BCUT2D eigenvalue weighted by atomic mass is 32.2. The summed E-state index contributed by atoms with van der Waals surface area (Å²) in [4.78, 5) is 22.4. The molecule has 0 aliphatic carbocycles. The van der Waals surface area contributed by atoms with E-state index in [4.69, 9.17) is 4.74 Å². The van der Waals surface area contributed by atoms with Gasteiger partial charge in [0.2, 0.25) is 11.8 Å². The Balaban J connectivity index is 1.53. The highest BCUT2D eigenvalue weighted by Crippen LogP contribution is 2.29. The Morgan fingerprint density at radius 2 is 1.77 bits per heavy atom. The molecule has 0 saturated carbocycles. The van der Waals surface area contributed by atoms with E-state index >= 15 is 0 Å². The minimum atomic E-state index is -2.91. The zero-order valence-corrected chi connectivity index (χ0v) is 17.1. The fourth-order valence-corrected chi connectivity index (χ4v) is 3.70. The van der Waals surface area contributed by atoms with Crippen molar-refractivity contribution in [3.63, 3.8) is 0 Å². The molecule has 0 N–H and O–H groups in total. The average molecular weight is 442 g/mol. The minimum Gasteiger partial charge on any atom is -0.481 e. The number of methoxy groups -OCH3 is 1. The lowest BCUT2D eigenvalue weighted by Gasteiger charge is -2.08. The van der Waals surface area contributed by atoms with E-state index in [-0.39, 0.29) is 11.4 Å². The first-order valence-electron chi connectivity index (χ1n) is 9.09. The van der Waals surface area contributed by atoms with E-state index in [1.54, 1.807) is 30.6 Å².